The largest absolute Gasteiger partial charge is 0.385 e. The maximum Gasteiger partial charge on any atom is 0.202 e. The number of hydrogen-bond acceptors (Lipinski definition) is 4. The van der Waals surface area contributed by atoms with Crippen LogP contribution >= 0.6 is 12.2 Å². The van der Waals surface area contributed by atoms with Gasteiger partial charge >= 0.3 is 0 Å². The van der Waals surface area contributed by atoms with Crippen molar-refractivity contribution in [3.05, 3.63) is 10.8 Å². The van der Waals surface area contributed by atoms with E-state index < -0.39 is 0 Å². The Morgan fingerprint density at radius 2 is 2.27 bits per heavy atom. The Morgan fingerprint density at radius 1 is 1.64 bits per heavy atom. The van der Waals surface area contributed by atoms with E-state index in [-0.39, 0.29) is 0 Å². The van der Waals surface area contributed by atoms with Crippen LogP contribution in [-0.4, -0.2) is 9.55 Å². The van der Waals surface area contributed by atoms with Crippen molar-refractivity contribution in [3.8, 4) is 0 Å². The Balaban J connectivity index is 3.37. The first-order valence-corrected chi connectivity index (χ1v) is 3.68. The summed E-state index contributed by atoms with van der Waals surface area (Å²) in [6, 6.07) is 1.60. The zero-order chi connectivity index (χ0) is 8.43. The molecule has 0 aliphatic heterocycles. The molecular formula is C6H10N4S. The van der Waals surface area contributed by atoms with Crippen LogP contribution in [0.4, 0.5) is 11.6 Å². The molecule has 11 heavy (non-hydrogen) atoms. The van der Waals surface area contributed by atoms with Gasteiger partial charge in [0.2, 0.25) is 4.77 Å². The number of nitrogen functional groups attached to an aromatic ring is 2. The first-order chi connectivity index (χ1) is 5.15. The highest BCUT2D eigenvalue weighted by molar-refractivity contribution is 7.71. The molecule has 60 valence electrons. The normalized spacial score (nSPS) is 9.91. The van der Waals surface area contributed by atoms with Crippen molar-refractivity contribution in [1.29, 1.82) is 0 Å². The van der Waals surface area contributed by atoms with Crippen LogP contribution in [0.5, 0.6) is 0 Å². The van der Waals surface area contributed by atoms with Crippen molar-refractivity contribution >= 4 is 23.9 Å². The van der Waals surface area contributed by atoms with Gasteiger partial charge in [-0.3, -0.25) is 0 Å². The molecule has 0 radical (unpaired) electrons. The van der Waals surface area contributed by atoms with Gasteiger partial charge in [0, 0.05) is 12.6 Å². The van der Waals surface area contributed by atoms with Crippen LogP contribution in [0, 0.1) is 4.77 Å². The predicted molar refractivity (Wildman–Crippen MR) is 47.6 cm³/mol. The maximum atomic E-state index is 5.61. The Morgan fingerprint density at radius 3 is 2.73 bits per heavy atom. The average Bonchev–Trinajstić information content (AvgIpc) is 1.85. The molecule has 5 heteroatoms. The van der Waals surface area contributed by atoms with Crippen molar-refractivity contribution < 1.29 is 0 Å². The molecule has 0 unspecified atom stereocenters. The van der Waals surface area contributed by atoms with Crippen molar-refractivity contribution in [2.24, 2.45) is 0 Å². The highest BCUT2D eigenvalue weighted by Crippen LogP contribution is 2.06. The first-order valence-electron chi connectivity index (χ1n) is 3.28. The number of anilines is 2. The van der Waals surface area contributed by atoms with Crippen LogP contribution in [0.2, 0.25) is 0 Å². The molecule has 1 rings (SSSR count). The Bertz CT molecular complexity index is 317. The third-order valence-corrected chi connectivity index (χ3v) is 1.69. The summed E-state index contributed by atoms with van der Waals surface area (Å²) in [6.07, 6.45) is 0. The Labute approximate surface area is 69.8 Å². The van der Waals surface area contributed by atoms with Crippen molar-refractivity contribution in [2.45, 2.75) is 13.5 Å². The minimum Gasteiger partial charge on any atom is -0.385 e. The minimum absolute atomic E-state index is 0.372. The molecule has 0 aromatic carbocycles. The van der Waals surface area contributed by atoms with Crippen LogP contribution in [0.3, 0.4) is 0 Å². The van der Waals surface area contributed by atoms with E-state index in [0.29, 0.717) is 16.4 Å². The average molecular weight is 170 g/mol. The fourth-order valence-electron chi connectivity index (χ4n) is 0.861. The summed E-state index contributed by atoms with van der Waals surface area (Å²) >= 11 is 4.92. The smallest absolute Gasteiger partial charge is 0.202 e. The van der Waals surface area contributed by atoms with Gasteiger partial charge in [-0.25, -0.2) is 4.98 Å². The Hall–Kier alpha value is -1.10. The van der Waals surface area contributed by atoms with Gasteiger partial charge in [0.15, 0.2) is 0 Å². The molecule has 0 amide bonds. The lowest BCUT2D eigenvalue weighted by Gasteiger charge is -2.06. The van der Waals surface area contributed by atoms with Crippen molar-refractivity contribution in [2.75, 3.05) is 11.5 Å². The molecule has 0 aliphatic rings. The zero-order valence-electron chi connectivity index (χ0n) is 6.24. The highest BCUT2D eigenvalue weighted by Gasteiger charge is 1.97. The molecule has 0 bridgehead atoms. The van der Waals surface area contributed by atoms with E-state index in [1.807, 2.05) is 6.92 Å². The third-order valence-electron chi connectivity index (χ3n) is 1.38. The summed E-state index contributed by atoms with van der Waals surface area (Å²) in [6.45, 7) is 2.67. The molecule has 4 N–H and O–H groups in total. The molecule has 0 spiro atoms. The van der Waals surface area contributed by atoms with Gasteiger partial charge in [-0.2, -0.15) is 0 Å². The van der Waals surface area contributed by atoms with Crippen molar-refractivity contribution in [3.63, 3.8) is 0 Å². The second-order valence-corrected chi connectivity index (χ2v) is 2.50. The van der Waals surface area contributed by atoms with Gasteiger partial charge in [-0.15, -0.1) is 0 Å². The van der Waals surface area contributed by atoms with Gasteiger partial charge in [0.1, 0.15) is 11.6 Å². The second kappa shape index (κ2) is 2.87. The van der Waals surface area contributed by atoms with E-state index in [1.54, 1.807) is 10.6 Å². The fourth-order valence-corrected chi connectivity index (χ4v) is 1.20. The molecule has 0 aliphatic carbocycles. The summed E-state index contributed by atoms with van der Waals surface area (Å²) in [5.41, 5.74) is 11.0. The van der Waals surface area contributed by atoms with Crippen LogP contribution in [0.15, 0.2) is 6.07 Å². The molecule has 0 fully saturated rings. The lowest BCUT2D eigenvalue weighted by Crippen LogP contribution is -2.08. The standard InChI is InChI=1S/C6H10N4S/c1-2-10-5(8)3-4(7)9-6(10)11/h3H,2,8H2,1H3,(H2,7,9,11). The van der Waals surface area contributed by atoms with E-state index in [9.17, 15) is 0 Å². The third kappa shape index (κ3) is 1.48. The molecule has 1 aromatic rings. The maximum absolute atomic E-state index is 5.61. The van der Waals surface area contributed by atoms with Crippen LogP contribution in [0.25, 0.3) is 0 Å². The number of nitrogens with zero attached hydrogens (tertiary/aromatic N) is 2. The van der Waals surface area contributed by atoms with E-state index >= 15 is 0 Å². The van der Waals surface area contributed by atoms with E-state index in [4.69, 9.17) is 23.7 Å². The first kappa shape index (κ1) is 8.00. The minimum atomic E-state index is 0.372. The number of rotatable bonds is 1. The Kier molecular flexibility index (Phi) is 2.09. The lowest BCUT2D eigenvalue weighted by atomic mass is 10.5. The van der Waals surface area contributed by atoms with Gasteiger partial charge in [-0.05, 0) is 19.1 Å². The number of hydrogen-bond donors (Lipinski definition) is 2. The second-order valence-electron chi connectivity index (χ2n) is 2.13. The quantitative estimate of drug-likeness (QED) is 0.611. The molecule has 1 heterocycles. The van der Waals surface area contributed by atoms with E-state index in [0.717, 1.165) is 6.54 Å². The highest BCUT2D eigenvalue weighted by atomic mass is 32.1. The van der Waals surface area contributed by atoms with E-state index in [1.165, 1.54) is 0 Å². The van der Waals surface area contributed by atoms with Crippen LogP contribution in [0.1, 0.15) is 6.92 Å². The molecule has 0 saturated carbocycles. The summed E-state index contributed by atoms with van der Waals surface area (Å²) < 4.78 is 2.15. The van der Waals surface area contributed by atoms with Crippen LogP contribution < -0.4 is 11.5 Å². The van der Waals surface area contributed by atoms with Crippen molar-refractivity contribution in [1.82, 2.24) is 9.55 Å². The monoisotopic (exact) mass is 170 g/mol. The topological polar surface area (TPSA) is 69.9 Å². The SMILES string of the molecule is CCn1c(N)cc(N)nc1=S. The number of aromatic nitrogens is 2. The summed E-state index contributed by atoms with van der Waals surface area (Å²) in [5.74, 6) is 0.933. The van der Waals surface area contributed by atoms with Gasteiger partial charge in [0.05, 0.1) is 0 Å². The predicted octanol–water partition coefficient (Wildman–Crippen LogP) is 0.797. The molecule has 1 aromatic heterocycles. The zero-order valence-corrected chi connectivity index (χ0v) is 7.06. The summed E-state index contributed by atoms with van der Waals surface area (Å²) in [7, 11) is 0. The fraction of sp³-hybridized carbons (Fsp3) is 0.333. The van der Waals surface area contributed by atoms with Gasteiger partial charge < -0.3 is 16.0 Å². The molecular weight excluding hydrogens is 160 g/mol. The van der Waals surface area contributed by atoms with Gasteiger partial charge in [-0.1, -0.05) is 0 Å². The summed E-state index contributed by atoms with van der Waals surface area (Å²) in [5, 5.41) is 0. The lowest BCUT2D eigenvalue weighted by molar-refractivity contribution is 0.734. The van der Waals surface area contributed by atoms with E-state index in [2.05, 4.69) is 4.98 Å². The van der Waals surface area contributed by atoms with Crippen LogP contribution in [-0.2, 0) is 6.54 Å². The number of nitrogens with two attached hydrogens (primary N) is 2. The molecule has 0 atom stereocenters. The molecule has 4 nitrogen and oxygen atoms in total. The summed E-state index contributed by atoms with van der Waals surface area (Å²) in [4.78, 5) is 3.88. The van der Waals surface area contributed by atoms with Gasteiger partial charge in [0.25, 0.3) is 0 Å². The molecule has 0 saturated heterocycles.